The second kappa shape index (κ2) is 14.7. The molecule has 2 aliphatic carbocycles. The molecule has 4 heteroatoms. The number of rotatable bonds is 4. The van der Waals surface area contributed by atoms with Gasteiger partial charge < -0.3 is 14.4 Å². The molecule has 0 unspecified atom stereocenters. The summed E-state index contributed by atoms with van der Waals surface area (Å²) in [5.74, 6) is 0. The molecule has 0 saturated carbocycles. The Balaban J connectivity index is 1.26. The average Bonchev–Trinajstić information content (AvgIpc) is 3.77. The first kappa shape index (κ1) is 44.9. The predicted octanol–water partition coefficient (Wildman–Crippen LogP) is 15.9. The maximum Gasteiger partial charge on any atom is 0.252 e. The van der Waals surface area contributed by atoms with Crippen LogP contribution >= 0.6 is 0 Å². The lowest BCUT2D eigenvalue weighted by Crippen LogP contribution is -2.61. The number of hydrogen-bond acceptors (Lipinski definition) is 2. The maximum absolute atomic E-state index is 2.74. The van der Waals surface area contributed by atoms with E-state index in [1.165, 1.54) is 129 Å². The van der Waals surface area contributed by atoms with Crippen molar-refractivity contribution in [3.63, 3.8) is 0 Å². The van der Waals surface area contributed by atoms with E-state index in [-0.39, 0.29) is 33.8 Å². The van der Waals surface area contributed by atoms with Crippen molar-refractivity contribution in [3.05, 3.63) is 177 Å². The maximum atomic E-state index is 2.74. The van der Waals surface area contributed by atoms with Crippen molar-refractivity contribution in [1.82, 2.24) is 4.57 Å². The van der Waals surface area contributed by atoms with Gasteiger partial charge in [0.25, 0.3) is 6.71 Å². The Bertz CT molecular complexity index is 3500. The van der Waals surface area contributed by atoms with Crippen molar-refractivity contribution in [2.45, 2.75) is 144 Å². The van der Waals surface area contributed by atoms with E-state index in [4.69, 9.17) is 0 Å². The molecule has 0 radical (unpaired) electrons. The molecule has 4 aliphatic rings. The van der Waals surface area contributed by atoms with Crippen LogP contribution in [0.2, 0.25) is 0 Å². The van der Waals surface area contributed by atoms with Gasteiger partial charge in [-0.25, -0.2) is 0 Å². The predicted molar refractivity (Wildman–Crippen MR) is 302 cm³/mol. The van der Waals surface area contributed by atoms with Gasteiger partial charge in [0.05, 0.1) is 5.69 Å². The summed E-state index contributed by atoms with van der Waals surface area (Å²) >= 11 is 0. The quantitative estimate of drug-likeness (QED) is 0.163. The number of fused-ring (bicyclic) bond motifs is 10. The van der Waals surface area contributed by atoms with Crippen molar-refractivity contribution in [2.75, 3.05) is 9.80 Å². The number of aromatic nitrogens is 1. The first-order valence-electron chi connectivity index (χ1n) is 26.0. The zero-order chi connectivity index (χ0) is 49.4. The van der Waals surface area contributed by atoms with Crippen LogP contribution < -0.4 is 26.2 Å². The molecular formula is C66H70BN3. The van der Waals surface area contributed by atoms with Gasteiger partial charge in [0.1, 0.15) is 0 Å². The summed E-state index contributed by atoms with van der Waals surface area (Å²) in [6.07, 6.45) is 2.35. The lowest BCUT2D eigenvalue weighted by Gasteiger charge is -2.45. The molecule has 0 N–H and O–H groups in total. The highest BCUT2D eigenvalue weighted by Gasteiger charge is 2.49. The van der Waals surface area contributed by atoms with Gasteiger partial charge in [-0.2, -0.15) is 0 Å². The number of nitrogens with zero attached hydrogens (tertiary/aromatic N) is 3. The van der Waals surface area contributed by atoms with Crippen molar-refractivity contribution in [1.29, 1.82) is 0 Å². The van der Waals surface area contributed by atoms with Crippen molar-refractivity contribution in [3.8, 4) is 16.9 Å². The highest BCUT2D eigenvalue weighted by molar-refractivity contribution is 7.00. The van der Waals surface area contributed by atoms with Crippen molar-refractivity contribution in [2.24, 2.45) is 0 Å². The summed E-state index contributed by atoms with van der Waals surface area (Å²) in [6.45, 7) is 36.1. The molecule has 3 heterocycles. The van der Waals surface area contributed by atoms with Crippen molar-refractivity contribution < 1.29 is 0 Å². The Morgan fingerprint density at radius 3 is 1.71 bits per heavy atom. The van der Waals surface area contributed by atoms with Gasteiger partial charge in [0.2, 0.25) is 0 Å². The molecule has 0 amide bonds. The standard InChI is InChI=1S/C66H70BN3/c1-39-22-16-20-26-52(39)68(53-27-21-17-23-40(53)2)44-28-29-50-55(37-44)69(54-38-49-48(32-41(54)3)64(10,11)30-31-65(49,12)13)56-35-43(63(7,8)9)36-57-59(56)67(50)51-34-42(62(4,5)6)33-46-58-61(70(57)60(46)51)45-24-18-19-25-47(45)66(58,14)15/h16-29,32-38H,30-31H2,1-15H3. The van der Waals surface area contributed by atoms with E-state index in [0.717, 1.165) is 12.1 Å². The van der Waals surface area contributed by atoms with Crippen molar-refractivity contribution >= 4 is 68.1 Å². The average molecular weight is 916 g/mol. The zero-order valence-corrected chi connectivity index (χ0v) is 44.5. The van der Waals surface area contributed by atoms with Gasteiger partial charge in [0, 0.05) is 61.7 Å². The molecule has 12 rings (SSSR count). The largest absolute Gasteiger partial charge is 0.311 e. The molecule has 352 valence electrons. The highest BCUT2D eigenvalue weighted by Crippen LogP contribution is 2.56. The first-order chi connectivity index (χ1) is 33.0. The smallest absolute Gasteiger partial charge is 0.252 e. The number of benzene rings is 7. The van der Waals surface area contributed by atoms with Crippen LogP contribution in [0, 0.1) is 20.8 Å². The van der Waals surface area contributed by atoms with E-state index >= 15 is 0 Å². The number of anilines is 6. The topological polar surface area (TPSA) is 11.4 Å². The van der Waals surface area contributed by atoms with E-state index < -0.39 is 0 Å². The third-order valence-electron chi connectivity index (χ3n) is 17.5. The molecule has 0 fully saturated rings. The molecule has 3 nitrogen and oxygen atoms in total. The summed E-state index contributed by atoms with van der Waals surface area (Å²) in [5, 5.41) is 1.40. The van der Waals surface area contributed by atoms with Gasteiger partial charge in [0.15, 0.2) is 0 Å². The monoisotopic (exact) mass is 916 g/mol. The molecule has 2 aliphatic heterocycles. The summed E-state index contributed by atoms with van der Waals surface area (Å²) in [4.78, 5) is 5.23. The molecular weight excluding hydrogens is 846 g/mol. The van der Waals surface area contributed by atoms with Crippen LogP contribution in [-0.4, -0.2) is 11.3 Å². The zero-order valence-electron chi connectivity index (χ0n) is 44.5. The second-order valence-electron chi connectivity index (χ2n) is 25.5. The summed E-state index contributed by atoms with van der Waals surface area (Å²) in [5.41, 5.74) is 29.1. The fraction of sp³-hybridized carbons (Fsp3) is 0.333. The molecule has 0 saturated heterocycles. The third kappa shape index (κ3) is 6.26. The minimum absolute atomic E-state index is 0.00341. The van der Waals surface area contributed by atoms with Crippen LogP contribution in [0.15, 0.2) is 127 Å². The van der Waals surface area contributed by atoms with E-state index in [1.54, 1.807) is 0 Å². The fourth-order valence-corrected chi connectivity index (χ4v) is 13.3. The van der Waals surface area contributed by atoms with Gasteiger partial charge in [-0.3, -0.25) is 0 Å². The molecule has 0 spiro atoms. The van der Waals surface area contributed by atoms with E-state index in [0.29, 0.717) is 0 Å². The Labute approximate surface area is 418 Å². The Kier molecular flexibility index (Phi) is 9.41. The Hall–Kier alpha value is -6.26. The molecule has 0 atom stereocenters. The number of hydrogen-bond donors (Lipinski definition) is 0. The van der Waals surface area contributed by atoms with E-state index in [1.807, 2.05) is 0 Å². The summed E-state index contributed by atoms with van der Waals surface area (Å²) in [7, 11) is 0. The van der Waals surface area contributed by atoms with Gasteiger partial charge >= 0.3 is 0 Å². The molecule has 8 aromatic rings. The summed E-state index contributed by atoms with van der Waals surface area (Å²) in [6, 6.07) is 50.0. The third-order valence-corrected chi connectivity index (χ3v) is 17.5. The van der Waals surface area contributed by atoms with Crippen LogP contribution in [0.3, 0.4) is 0 Å². The number of aryl methyl sites for hydroxylation is 3. The molecule has 1 aromatic heterocycles. The van der Waals surface area contributed by atoms with E-state index in [2.05, 4.69) is 246 Å². The lowest BCUT2D eigenvalue weighted by atomic mass is 9.33. The minimum atomic E-state index is -0.178. The van der Waals surface area contributed by atoms with Crippen LogP contribution in [0.5, 0.6) is 0 Å². The minimum Gasteiger partial charge on any atom is -0.311 e. The molecule has 70 heavy (non-hydrogen) atoms. The second-order valence-corrected chi connectivity index (χ2v) is 25.5. The van der Waals surface area contributed by atoms with Crippen LogP contribution in [0.1, 0.15) is 146 Å². The molecule has 0 bridgehead atoms. The van der Waals surface area contributed by atoms with E-state index in [9.17, 15) is 0 Å². The normalized spacial score (nSPS) is 16.7. The van der Waals surface area contributed by atoms with Gasteiger partial charge in [-0.1, -0.05) is 162 Å². The molecule has 7 aromatic carbocycles. The van der Waals surface area contributed by atoms with Gasteiger partial charge in [-0.05, 0) is 170 Å². The lowest BCUT2D eigenvalue weighted by molar-refractivity contribution is 0.332. The van der Waals surface area contributed by atoms with Crippen LogP contribution in [0.25, 0.3) is 27.8 Å². The van der Waals surface area contributed by atoms with Crippen LogP contribution in [-0.2, 0) is 27.1 Å². The Morgan fingerprint density at radius 1 is 0.514 bits per heavy atom. The SMILES string of the molecule is Cc1ccccc1N(c1ccc2c(c1)N(c1cc3c(cc1C)C(C)(C)CCC3(C)C)c1cc(C(C)(C)C)cc3c1B2c1cc(C(C)(C)C)cc2c4c(n-3c12)-c1ccccc1C4(C)C)c1ccccc1C. The Morgan fingerprint density at radius 2 is 1.09 bits per heavy atom. The number of para-hydroxylation sites is 2. The first-order valence-corrected chi connectivity index (χ1v) is 26.0. The van der Waals surface area contributed by atoms with Crippen LogP contribution in [0.4, 0.5) is 34.1 Å². The van der Waals surface area contributed by atoms with Gasteiger partial charge in [-0.15, -0.1) is 0 Å². The fourth-order valence-electron chi connectivity index (χ4n) is 13.3. The summed E-state index contributed by atoms with van der Waals surface area (Å²) < 4.78 is 2.74. The highest BCUT2D eigenvalue weighted by atomic mass is 15.2.